The van der Waals surface area contributed by atoms with Gasteiger partial charge in [0.25, 0.3) is 0 Å². The minimum Gasteiger partial charge on any atom is -0.414 e. The molecule has 0 aromatic rings. The van der Waals surface area contributed by atoms with E-state index >= 15 is 0 Å². The van der Waals surface area contributed by atoms with E-state index in [1.807, 2.05) is 0 Å². The van der Waals surface area contributed by atoms with Crippen molar-refractivity contribution in [2.24, 2.45) is 5.92 Å². The molecule has 2 saturated heterocycles. The summed E-state index contributed by atoms with van der Waals surface area (Å²) in [7, 11) is -1.50. The third-order valence-electron chi connectivity index (χ3n) is 5.73. The molecular weight excluding hydrogens is 316 g/mol. The Morgan fingerprint density at radius 3 is 2.71 bits per heavy atom. The van der Waals surface area contributed by atoms with Gasteiger partial charge in [0.2, 0.25) is 0 Å². The fourth-order valence-electron chi connectivity index (χ4n) is 3.93. The molecule has 0 aromatic heterocycles. The lowest BCUT2D eigenvalue weighted by Gasteiger charge is -2.40. The summed E-state index contributed by atoms with van der Waals surface area (Å²) >= 11 is 0. The molecular formula is C20H40O3Si. The van der Waals surface area contributed by atoms with Crippen LogP contribution >= 0.6 is 0 Å². The summed E-state index contributed by atoms with van der Waals surface area (Å²) in [4.78, 5) is 0. The Kier molecular flexibility index (Phi) is 9.31. The molecule has 0 radical (unpaired) electrons. The van der Waals surface area contributed by atoms with Crippen molar-refractivity contribution in [3.05, 3.63) is 0 Å². The molecule has 4 atom stereocenters. The van der Waals surface area contributed by atoms with Crippen molar-refractivity contribution in [3.8, 4) is 0 Å². The van der Waals surface area contributed by atoms with Crippen LogP contribution in [-0.2, 0) is 13.9 Å². The number of unbranched alkanes of at least 4 members (excludes halogenated alkanes) is 4. The summed E-state index contributed by atoms with van der Waals surface area (Å²) in [6.07, 6.45) is 13.0. The highest BCUT2D eigenvalue weighted by atomic mass is 28.4. The van der Waals surface area contributed by atoms with Crippen LogP contribution in [0.3, 0.4) is 0 Å². The Morgan fingerprint density at radius 1 is 1.17 bits per heavy atom. The van der Waals surface area contributed by atoms with E-state index < -0.39 is 8.32 Å². The first-order valence-electron chi connectivity index (χ1n) is 10.5. The van der Waals surface area contributed by atoms with Crippen LogP contribution in [0.5, 0.6) is 0 Å². The van der Waals surface area contributed by atoms with Gasteiger partial charge in [0.15, 0.2) is 8.32 Å². The molecule has 0 bridgehead atoms. The molecule has 3 nitrogen and oxygen atoms in total. The average molecular weight is 357 g/mol. The number of ether oxygens (including phenoxy) is 2. The summed E-state index contributed by atoms with van der Waals surface area (Å²) in [6, 6.07) is 2.61. The molecule has 2 aliphatic heterocycles. The molecule has 4 heteroatoms. The first-order chi connectivity index (χ1) is 11.6. The first kappa shape index (κ1) is 20.4. The fourth-order valence-corrected chi connectivity index (χ4v) is 7.34. The summed E-state index contributed by atoms with van der Waals surface area (Å²) in [6.45, 7) is 9.73. The molecule has 2 aliphatic rings. The minimum absolute atomic E-state index is 0.395. The van der Waals surface area contributed by atoms with Crippen LogP contribution in [0.4, 0.5) is 0 Å². The number of hydrogen-bond acceptors (Lipinski definition) is 3. The van der Waals surface area contributed by atoms with Gasteiger partial charge in [-0.1, -0.05) is 52.4 Å². The van der Waals surface area contributed by atoms with Crippen LogP contribution in [-0.4, -0.2) is 40.3 Å². The molecule has 0 saturated carbocycles. The third-order valence-corrected chi connectivity index (χ3v) is 9.42. The van der Waals surface area contributed by atoms with Gasteiger partial charge in [0.1, 0.15) is 6.10 Å². The Bertz CT molecular complexity index is 335. The summed E-state index contributed by atoms with van der Waals surface area (Å²) < 4.78 is 17.6. The van der Waals surface area contributed by atoms with E-state index in [-0.39, 0.29) is 0 Å². The van der Waals surface area contributed by atoms with Crippen molar-refractivity contribution in [2.75, 3.05) is 19.8 Å². The topological polar surface area (TPSA) is 31.0 Å². The lowest BCUT2D eigenvalue weighted by atomic mass is 9.94. The quantitative estimate of drug-likeness (QED) is 0.246. The van der Waals surface area contributed by atoms with Crippen molar-refractivity contribution in [3.63, 3.8) is 0 Å². The molecule has 0 aliphatic carbocycles. The van der Waals surface area contributed by atoms with Crippen molar-refractivity contribution in [1.82, 2.24) is 0 Å². The van der Waals surface area contributed by atoms with Gasteiger partial charge in [-0.3, -0.25) is 0 Å². The van der Waals surface area contributed by atoms with Gasteiger partial charge in [0.05, 0.1) is 13.2 Å². The Hall–Kier alpha value is 0.0969. The van der Waals surface area contributed by atoms with Gasteiger partial charge in [-0.2, -0.15) is 0 Å². The zero-order valence-electron chi connectivity index (χ0n) is 16.4. The van der Waals surface area contributed by atoms with E-state index in [0.29, 0.717) is 12.2 Å². The lowest BCUT2D eigenvalue weighted by molar-refractivity contribution is 0.0938. The zero-order valence-corrected chi connectivity index (χ0v) is 17.4. The van der Waals surface area contributed by atoms with E-state index in [4.69, 9.17) is 13.9 Å². The predicted molar refractivity (Wildman–Crippen MR) is 103 cm³/mol. The van der Waals surface area contributed by atoms with E-state index in [1.165, 1.54) is 63.5 Å². The Labute approximate surface area is 151 Å². The van der Waals surface area contributed by atoms with Crippen molar-refractivity contribution >= 4 is 8.32 Å². The average Bonchev–Trinajstić information content (AvgIpc) is 3.38. The van der Waals surface area contributed by atoms with Crippen molar-refractivity contribution in [2.45, 2.75) is 102 Å². The lowest BCUT2D eigenvalue weighted by Crippen LogP contribution is -2.44. The summed E-state index contributed by atoms with van der Waals surface area (Å²) in [5.74, 6) is 0.738. The maximum Gasteiger partial charge on any atom is 0.190 e. The van der Waals surface area contributed by atoms with E-state index in [0.717, 1.165) is 32.2 Å². The molecule has 142 valence electrons. The Balaban J connectivity index is 1.59. The van der Waals surface area contributed by atoms with Gasteiger partial charge in [-0.15, -0.1) is 0 Å². The van der Waals surface area contributed by atoms with Gasteiger partial charge >= 0.3 is 0 Å². The monoisotopic (exact) mass is 356 g/mol. The van der Waals surface area contributed by atoms with Gasteiger partial charge in [0, 0.05) is 12.7 Å². The predicted octanol–water partition coefficient (Wildman–Crippen LogP) is 5.54. The molecule has 0 N–H and O–H groups in total. The van der Waals surface area contributed by atoms with Crippen LogP contribution in [0.1, 0.15) is 71.6 Å². The third kappa shape index (κ3) is 7.98. The Morgan fingerprint density at radius 2 is 1.96 bits per heavy atom. The van der Waals surface area contributed by atoms with E-state index in [2.05, 4.69) is 20.4 Å². The maximum atomic E-state index is 6.71. The van der Waals surface area contributed by atoms with Crippen LogP contribution in [0.25, 0.3) is 0 Å². The maximum absolute atomic E-state index is 6.71. The SMILES string of the molecule is CCCCCCCC(C)C1CCC[Si](C)(CCCOCC2CO2)O1. The second kappa shape index (κ2) is 10.9. The molecule has 24 heavy (non-hydrogen) atoms. The zero-order chi connectivity index (χ0) is 17.3. The van der Waals surface area contributed by atoms with Crippen LogP contribution in [0.2, 0.25) is 18.6 Å². The second-order valence-corrected chi connectivity index (χ2v) is 12.4. The summed E-state index contributed by atoms with van der Waals surface area (Å²) in [5.41, 5.74) is 0. The molecule has 0 spiro atoms. The largest absolute Gasteiger partial charge is 0.414 e. The molecule has 4 unspecified atom stereocenters. The number of rotatable bonds is 13. The number of hydrogen-bond donors (Lipinski definition) is 0. The van der Waals surface area contributed by atoms with Crippen molar-refractivity contribution in [1.29, 1.82) is 0 Å². The highest BCUT2D eigenvalue weighted by Crippen LogP contribution is 2.34. The normalized spacial score (nSPS) is 31.1. The van der Waals surface area contributed by atoms with Gasteiger partial charge in [-0.25, -0.2) is 0 Å². The molecule has 0 amide bonds. The first-order valence-corrected chi connectivity index (χ1v) is 13.3. The van der Waals surface area contributed by atoms with Crippen LogP contribution in [0, 0.1) is 5.92 Å². The molecule has 2 fully saturated rings. The molecule has 2 heterocycles. The fraction of sp³-hybridized carbons (Fsp3) is 1.00. The van der Waals surface area contributed by atoms with Crippen LogP contribution < -0.4 is 0 Å². The highest BCUT2D eigenvalue weighted by molar-refractivity contribution is 6.72. The van der Waals surface area contributed by atoms with Crippen molar-refractivity contribution < 1.29 is 13.9 Å². The number of epoxide rings is 1. The van der Waals surface area contributed by atoms with E-state index in [9.17, 15) is 0 Å². The summed E-state index contributed by atoms with van der Waals surface area (Å²) in [5, 5.41) is 0. The van der Waals surface area contributed by atoms with Gasteiger partial charge < -0.3 is 13.9 Å². The second-order valence-electron chi connectivity index (χ2n) is 8.31. The van der Waals surface area contributed by atoms with E-state index in [1.54, 1.807) is 0 Å². The standard InChI is InChI=1S/C20H40O3Si/c1-4-5-6-7-8-11-18(2)20-12-9-14-24(3,23-20)15-10-13-21-16-19-17-22-19/h18-20H,4-17H2,1-3H3. The smallest absolute Gasteiger partial charge is 0.190 e. The molecule has 2 rings (SSSR count). The molecule has 0 aromatic carbocycles. The minimum atomic E-state index is -1.50. The van der Waals surface area contributed by atoms with Crippen LogP contribution in [0.15, 0.2) is 0 Å². The highest BCUT2D eigenvalue weighted by Gasteiger charge is 2.37. The van der Waals surface area contributed by atoms with Gasteiger partial charge in [-0.05, 0) is 43.8 Å².